The summed E-state index contributed by atoms with van der Waals surface area (Å²) in [6, 6.07) is 11.0. The maximum Gasteiger partial charge on any atom is 0.243 e. The molecule has 0 spiro atoms. The number of anilines is 1. The number of hydrogen-bond donors (Lipinski definition) is 2. The van der Waals surface area contributed by atoms with Crippen molar-refractivity contribution in [3.8, 4) is 11.5 Å². The molecular formula is C28H35N5O5. The molecule has 3 amide bonds. The molecule has 3 aliphatic rings. The number of nitrogens with one attached hydrogen (secondary N) is 2. The zero-order valence-corrected chi connectivity index (χ0v) is 22.0. The number of fused-ring (bicyclic) bond motifs is 1. The summed E-state index contributed by atoms with van der Waals surface area (Å²) in [6.07, 6.45) is -0.0752. The third kappa shape index (κ3) is 6.08. The predicted octanol–water partition coefficient (Wildman–Crippen LogP) is 1.51. The molecule has 3 heterocycles. The number of benzene rings is 2. The summed E-state index contributed by atoms with van der Waals surface area (Å²) in [5, 5.41) is 5.70. The third-order valence-electron chi connectivity index (χ3n) is 7.35. The molecule has 1 atom stereocenters. The summed E-state index contributed by atoms with van der Waals surface area (Å²) in [5.74, 6) is 0.885. The van der Waals surface area contributed by atoms with Gasteiger partial charge < -0.3 is 25.0 Å². The molecule has 2 saturated heterocycles. The third-order valence-corrected chi connectivity index (χ3v) is 7.35. The number of nitrogens with zero attached hydrogens (tertiary/aromatic N) is 3. The topological polar surface area (TPSA) is 103 Å². The lowest BCUT2D eigenvalue weighted by molar-refractivity contribution is -0.145. The molecule has 202 valence electrons. The molecule has 2 fully saturated rings. The summed E-state index contributed by atoms with van der Waals surface area (Å²) in [6.45, 7) is 9.22. The maximum absolute atomic E-state index is 13.3. The van der Waals surface area contributed by atoms with Crippen LogP contribution in [0.3, 0.4) is 0 Å². The van der Waals surface area contributed by atoms with Crippen LogP contribution in [-0.4, -0.2) is 91.1 Å². The van der Waals surface area contributed by atoms with Crippen molar-refractivity contribution in [1.82, 2.24) is 20.0 Å². The first-order valence-corrected chi connectivity index (χ1v) is 13.1. The number of amides is 3. The minimum atomic E-state index is -0.811. The van der Waals surface area contributed by atoms with Gasteiger partial charge in [0.15, 0.2) is 11.5 Å². The van der Waals surface area contributed by atoms with E-state index in [0.29, 0.717) is 18.8 Å². The van der Waals surface area contributed by atoms with Crippen molar-refractivity contribution in [2.75, 3.05) is 57.9 Å². The fourth-order valence-corrected chi connectivity index (χ4v) is 5.23. The first-order chi connectivity index (χ1) is 18.4. The fourth-order valence-electron chi connectivity index (χ4n) is 5.23. The van der Waals surface area contributed by atoms with E-state index in [4.69, 9.17) is 9.47 Å². The van der Waals surface area contributed by atoms with Gasteiger partial charge in [0, 0.05) is 51.5 Å². The molecule has 0 aromatic heterocycles. The summed E-state index contributed by atoms with van der Waals surface area (Å²) in [5.41, 5.74) is 3.95. The van der Waals surface area contributed by atoms with E-state index in [0.717, 1.165) is 55.3 Å². The molecule has 10 nitrogen and oxygen atoms in total. The Morgan fingerprint density at radius 2 is 1.74 bits per heavy atom. The van der Waals surface area contributed by atoms with Crippen LogP contribution in [0.1, 0.15) is 23.1 Å². The number of piperazine rings is 2. The van der Waals surface area contributed by atoms with Crippen molar-refractivity contribution in [2.24, 2.45) is 0 Å². The Balaban J connectivity index is 1.13. The predicted molar refractivity (Wildman–Crippen MR) is 142 cm³/mol. The molecule has 38 heavy (non-hydrogen) atoms. The number of carbonyl (C=O) groups is 3. The van der Waals surface area contributed by atoms with Crippen molar-refractivity contribution < 1.29 is 23.9 Å². The standard InChI is InChI=1S/C28H35N5O5/c1-19-3-5-22(20(2)13-19)30-26(34)15-23-28(36)29-7-8-33(23)27(35)17-32-11-9-31(10-12-32)16-21-4-6-24-25(14-21)38-18-37-24/h3-6,13-14,23H,7-12,15-18H2,1-2H3,(H,29,36)(H,30,34). The van der Waals surface area contributed by atoms with Gasteiger partial charge in [-0.25, -0.2) is 0 Å². The monoisotopic (exact) mass is 521 g/mol. The van der Waals surface area contributed by atoms with Crippen LogP contribution in [0.15, 0.2) is 36.4 Å². The highest BCUT2D eigenvalue weighted by atomic mass is 16.7. The molecule has 2 aromatic carbocycles. The van der Waals surface area contributed by atoms with Gasteiger partial charge in [0.1, 0.15) is 6.04 Å². The van der Waals surface area contributed by atoms with Gasteiger partial charge in [0.2, 0.25) is 24.5 Å². The van der Waals surface area contributed by atoms with Crippen molar-refractivity contribution in [3.05, 3.63) is 53.1 Å². The molecule has 3 aliphatic heterocycles. The van der Waals surface area contributed by atoms with E-state index in [1.54, 1.807) is 4.90 Å². The van der Waals surface area contributed by atoms with Gasteiger partial charge in [-0.1, -0.05) is 23.8 Å². The van der Waals surface area contributed by atoms with Crippen molar-refractivity contribution in [3.63, 3.8) is 0 Å². The lowest BCUT2D eigenvalue weighted by atomic mass is 10.1. The van der Waals surface area contributed by atoms with Gasteiger partial charge in [-0.3, -0.25) is 24.2 Å². The van der Waals surface area contributed by atoms with Gasteiger partial charge >= 0.3 is 0 Å². The zero-order chi connectivity index (χ0) is 26.6. The number of carbonyl (C=O) groups excluding carboxylic acids is 3. The second kappa shape index (κ2) is 11.4. The Labute approximate surface area is 222 Å². The zero-order valence-electron chi connectivity index (χ0n) is 22.0. The highest BCUT2D eigenvalue weighted by molar-refractivity contribution is 5.98. The van der Waals surface area contributed by atoms with E-state index in [1.165, 1.54) is 5.56 Å². The van der Waals surface area contributed by atoms with Crippen LogP contribution in [0.25, 0.3) is 0 Å². The molecule has 5 rings (SSSR count). The number of hydrogen-bond acceptors (Lipinski definition) is 7. The van der Waals surface area contributed by atoms with E-state index in [-0.39, 0.29) is 37.5 Å². The molecule has 2 N–H and O–H groups in total. The largest absolute Gasteiger partial charge is 0.454 e. The van der Waals surface area contributed by atoms with E-state index < -0.39 is 6.04 Å². The average molecular weight is 522 g/mol. The SMILES string of the molecule is Cc1ccc(NC(=O)CC2C(=O)NCCN2C(=O)CN2CCN(Cc3ccc4c(c3)OCO4)CC2)c(C)c1. The van der Waals surface area contributed by atoms with Crippen LogP contribution < -0.4 is 20.1 Å². The van der Waals surface area contributed by atoms with Crippen molar-refractivity contribution >= 4 is 23.4 Å². The lowest BCUT2D eigenvalue weighted by Gasteiger charge is -2.38. The lowest BCUT2D eigenvalue weighted by Crippen LogP contribution is -2.60. The highest BCUT2D eigenvalue weighted by Gasteiger charge is 2.35. The number of rotatable bonds is 7. The summed E-state index contributed by atoms with van der Waals surface area (Å²) in [4.78, 5) is 44.8. The van der Waals surface area contributed by atoms with E-state index in [9.17, 15) is 14.4 Å². The van der Waals surface area contributed by atoms with Crippen LogP contribution in [0.5, 0.6) is 11.5 Å². The Hall–Kier alpha value is -3.63. The van der Waals surface area contributed by atoms with Crippen molar-refractivity contribution in [2.45, 2.75) is 32.9 Å². The average Bonchev–Trinajstić information content (AvgIpc) is 3.36. The van der Waals surface area contributed by atoms with Gasteiger partial charge in [-0.2, -0.15) is 0 Å². The van der Waals surface area contributed by atoms with Crippen molar-refractivity contribution in [1.29, 1.82) is 0 Å². The first-order valence-electron chi connectivity index (χ1n) is 13.1. The molecule has 2 aromatic rings. The van der Waals surface area contributed by atoms with E-state index in [2.05, 4.69) is 26.5 Å². The van der Waals surface area contributed by atoms with Gasteiger partial charge in [-0.15, -0.1) is 0 Å². The Morgan fingerprint density at radius 1 is 0.974 bits per heavy atom. The highest BCUT2D eigenvalue weighted by Crippen LogP contribution is 2.32. The maximum atomic E-state index is 13.3. The molecule has 1 unspecified atom stereocenters. The van der Waals surface area contributed by atoms with Crippen LogP contribution in [0, 0.1) is 13.8 Å². The minimum Gasteiger partial charge on any atom is -0.454 e. The summed E-state index contributed by atoms with van der Waals surface area (Å²) < 4.78 is 10.9. The summed E-state index contributed by atoms with van der Waals surface area (Å²) in [7, 11) is 0. The van der Waals surface area contributed by atoms with Gasteiger partial charge in [-0.05, 0) is 43.2 Å². The fraction of sp³-hybridized carbons (Fsp3) is 0.464. The normalized spacial score (nSPS) is 19.8. The molecular weight excluding hydrogens is 486 g/mol. The van der Waals surface area contributed by atoms with Crippen LogP contribution >= 0.6 is 0 Å². The second-order valence-electron chi connectivity index (χ2n) is 10.2. The van der Waals surface area contributed by atoms with E-state index in [1.807, 2.05) is 44.2 Å². The Morgan fingerprint density at radius 3 is 2.53 bits per heavy atom. The molecule has 0 bridgehead atoms. The van der Waals surface area contributed by atoms with Gasteiger partial charge in [0.05, 0.1) is 13.0 Å². The minimum absolute atomic E-state index is 0.0752. The smallest absolute Gasteiger partial charge is 0.243 e. The van der Waals surface area contributed by atoms with Crippen LogP contribution in [0.4, 0.5) is 5.69 Å². The molecule has 0 saturated carbocycles. The number of ether oxygens (including phenoxy) is 2. The molecule has 0 radical (unpaired) electrons. The summed E-state index contributed by atoms with van der Waals surface area (Å²) >= 11 is 0. The van der Waals surface area contributed by atoms with Crippen LogP contribution in [-0.2, 0) is 20.9 Å². The second-order valence-corrected chi connectivity index (χ2v) is 10.2. The molecule has 10 heteroatoms. The Kier molecular flexibility index (Phi) is 7.80. The number of aryl methyl sites for hydroxylation is 2. The van der Waals surface area contributed by atoms with E-state index >= 15 is 0 Å². The Bertz CT molecular complexity index is 1210. The quantitative estimate of drug-likeness (QED) is 0.569. The first kappa shape index (κ1) is 26.0. The molecule has 0 aliphatic carbocycles. The van der Waals surface area contributed by atoms with Gasteiger partial charge in [0.25, 0.3) is 0 Å². The van der Waals surface area contributed by atoms with Crippen LogP contribution in [0.2, 0.25) is 0 Å².